The van der Waals surface area contributed by atoms with Crippen molar-refractivity contribution in [2.45, 2.75) is 104 Å². The van der Waals surface area contributed by atoms with E-state index in [1.165, 1.54) is 24.3 Å². The van der Waals surface area contributed by atoms with Crippen LogP contribution in [0.1, 0.15) is 122 Å². The molecule has 3 aliphatic carbocycles. The molecule has 0 fully saturated rings. The van der Waals surface area contributed by atoms with Crippen LogP contribution in [0.2, 0.25) is 0 Å². The first-order valence-electron chi connectivity index (χ1n) is 23.5. The van der Waals surface area contributed by atoms with E-state index in [9.17, 15) is 28.8 Å². The first-order chi connectivity index (χ1) is 32.0. The lowest BCUT2D eigenvalue weighted by molar-refractivity contribution is -0.115. The smallest absolute Gasteiger partial charge is 0.251 e. The number of hydrogen-bond acceptors (Lipinski definition) is 10. The number of allylic oxidation sites excluding steroid dienone is 8. The van der Waals surface area contributed by atoms with Crippen molar-refractivity contribution in [2.75, 3.05) is 52.7 Å². The molecule has 2 heterocycles. The van der Waals surface area contributed by atoms with Gasteiger partial charge in [-0.3, -0.25) is 28.8 Å². The van der Waals surface area contributed by atoms with Crippen LogP contribution in [-0.2, 0) is 70.6 Å². The summed E-state index contributed by atoms with van der Waals surface area (Å²) in [5, 5.41) is 5.79. The predicted octanol–water partition coefficient (Wildman–Crippen LogP) is 7.44. The molecule has 358 valence electrons. The molecule has 68 heavy (non-hydrogen) atoms. The van der Waals surface area contributed by atoms with Crippen LogP contribution >= 0.6 is 0 Å². The second-order valence-corrected chi connectivity index (χ2v) is 21.1. The number of benzene rings is 3. The van der Waals surface area contributed by atoms with Crippen LogP contribution in [0.4, 0.5) is 0 Å². The van der Waals surface area contributed by atoms with E-state index >= 15 is 0 Å². The molecular formula is C56H64N2O10. The van der Waals surface area contributed by atoms with Crippen molar-refractivity contribution >= 4 is 34.9 Å². The molecule has 0 saturated heterocycles. The summed E-state index contributed by atoms with van der Waals surface area (Å²) in [4.78, 5) is 83.5. The van der Waals surface area contributed by atoms with Gasteiger partial charge in [0, 0.05) is 72.2 Å². The molecule has 2 N–H and O–H groups in total. The monoisotopic (exact) mass is 924 g/mol. The molecule has 5 aliphatic rings. The van der Waals surface area contributed by atoms with Gasteiger partial charge in [-0.2, -0.15) is 0 Å². The van der Waals surface area contributed by atoms with Gasteiger partial charge in [0.15, 0.2) is 23.1 Å². The zero-order valence-corrected chi connectivity index (χ0v) is 40.9. The number of nitrogens with one attached hydrogen (secondary N) is 2. The molecule has 0 atom stereocenters. The molecule has 0 saturated carbocycles. The summed E-state index contributed by atoms with van der Waals surface area (Å²) in [5.41, 5.74) is 6.04. The molecule has 0 radical (unpaired) electrons. The van der Waals surface area contributed by atoms with Crippen LogP contribution in [0.3, 0.4) is 0 Å². The van der Waals surface area contributed by atoms with Gasteiger partial charge in [0.25, 0.3) is 11.8 Å². The van der Waals surface area contributed by atoms with Crippen molar-refractivity contribution < 1.29 is 47.7 Å². The van der Waals surface area contributed by atoms with Gasteiger partial charge in [0.2, 0.25) is 0 Å². The van der Waals surface area contributed by atoms with Gasteiger partial charge < -0.3 is 29.6 Å². The SMILES string of the molecule is CC(C)(C)c1cc2cc(c1)C(=O)NCCOCCOc1c3cc(C(C)(C)C)cc1CC1=CC(=O)C=C(Cc4cc(C(C)(C)C)cc(c4OCCOCCNC2=O)CC2=CC(=O)C=C(C3)C2=O)C1=O. The Labute approximate surface area is 399 Å². The third-order valence-electron chi connectivity index (χ3n) is 12.5. The molecule has 3 aromatic carbocycles. The highest BCUT2D eigenvalue weighted by atomic mass is 16.5. The van der Waals surface area contributed by atoms with Gasteiger partial charge in [-0.1, -0.05) is 86.6 Å². The second kappa shape index (κ2) is 20.2. The van der Waals surface area contributed by atoms with Crippen LogP contribution in [0.15, 0.2) is 89.1 Å². The summed E-state index contributed by atoms with van der Waals surface area (Å²) in [7, 11) is 0. The minimum atomic E-state index is -0.373. The maximum atomic E-state index is 14.7. The lowest BCUT2D eigenvalue weighted by atomic mass is 9.79. The summed E-state index contributed by atoms with van der Waals surface area (Å²) >= 11 is 0. The van der Waals surface area contributed by atoms with Crippen LogP contribution in [0, 0.1) is 0 Å². The number of amides is 2. The largest absolute Gasteiger partial charge is 0.491 e. The Hall–Kier alpha value is -6.24. The molecule has 0 spiro atoms. The third kappa shape index (κ3) is 11.9. The maximum absolute atomic E-state index is 14.7. The minimum absolute atomic E-state index is 0.0602. The normalized spacial score (nSPS) is 18.5. The summed E-state index contributed by atoms with van der Waals surface area (Å²) in [6.45, 7) is 19.5. The summed E-state index contributed by atoms with van der Waals surface area (Å²) in [6, 6.07) is 13.1. The van der Waals surface area contributed by atoms with Crippen molar-refractivity contribution in [3.63, 3.8) is 0 Å². The van der Waals surface area contributed by atoms with E-state index in [1.807, 2.05) is 45.0 Å². The lowest BCUT2D eigenvalue weighted by Gasteiger charge is -2.27. The highest BCUT2D eigenvalue weighted by Gasteiger charge is 2.32. The fourth-order valence-corrected chi connectivity index (χ4v) is 8.67. The van der Waals surface area contributed by atoms with E-state index in [0.29, 0.717) is 67.2 Å². The molecule has 0 unspecified atom stereocenters. The van der Waals surface area contributed by atoms with Crippen LogP contribution in [-0.4, -0.2) is 87.7 Å². The minimum Gasteiger partial charge on any atom is -0.491 e. The number of ketones is 4. The van der Waals surface area contributed by atoms with Gasteiger partial charge in [-0.05, 0) is 97.7 Å². The van der Waals surface area contributed by atoms with E-state index in [1.54, 1.807) is 18.2 Å². The quantitative estimate of drug-likeness (QED) is 0.171. The summed E-state index contributed by atoms with van der Waals surface area (Å²) in [5.74, 6) is -1.00. The maximum Gasteiger partial charge on any atom is 0.251 e. The molecule has 12 bridgehead atoms. The number of Topliss-reactive ketones (excluding diaryl/α,β-unsaturated/α-hetero) is 2. The van der Waals surface area contributed by atoms with E-state index < -0.39 is 0 Å². The first kappa shape index (κ1) is 49.7. The summed E-state index contributed by atoms with van der Waals surface area (Å²) < 4.78 is 25.0. The van der Waals surface area contributed by atoms with Crippen molar-refractivity contribution in [2.24, 2.45) is 0 Å². The number of fused-ring (bicyclic) bond motifs is 14. The Morgan fingerprint density at radius 3 is 1.01 bits per heavy atom. The molecule has 2 aliphatic heterocycles. The van der Waals surface area contributed by atoms with Crippen molar-refractivity contribution in [3.05, 3.63) is 139 Å². The Morgan fingerprint density at radius 2 is 0.706 bits per heavy atom. The highest BCUT2D eigenvalue weighted by Crippen LogP contribution is 2.40. The van der Waals surface area contributed by atoms with Crippen LogP contribution in [0.5, 0.6) is 11.5 Å². The fourth-order valence-electron chi connectivity index (χ4n) is 8.67. The standard InChI is InChI=1S/C56H64N2O10/c1-54(2,3)43-23-37-18-33-29-46(59)31-35(48(33)61)20-39-25-44(55(4,5)6)26-40-21-36-32-47(60)30-34(49(36)62)19-38(24-43)50(37)67-16-14-65-12-10-57-52(63)41-22-42(28-45(27-41)56(7,8)9)53(64)58-11-13-66-15-17-68-51(39)40/h22-32H,10-21H2,1-9H3,(H,57,63)(H,58,64). The molecule has 0 aromatic heterocycles. The Balaban J connectivity index is 1.33. The molecule has 3 aromatic rings. The van der Waals surface area contributed by atoms with Crippen molar-refractivity contribution in [1.29, 1.82) is 0 Å². The molecule has 12 nitrogen and oxygen atoms in total. The second-order valence-electron chi connectivity index (χ2n) is 21.1. The topological polar surface area (TPSA) is 163 Å². The van der Waals surface area contributed by atoms with E-state index in [2.05, 4.69) is 52.2 Å². The molecule has 2 amide bonds. The molecule has 8 rings (SSSR count). The Bertz CT molecular complexity index is 2420. The van der Waals surface area contributed by atoms with Crippen LogP contribution < -0.4 is 20.1 Å². The Kier molecular flexibility index (Phi) is 14.7. The zero-order chi connectivity index (χ0) is 49.1. The number of carbonyl (C=O) groups excluding carboxylic acids is 6. The third-order valence-corrected chi connectivity index (χ3v) is 12.5. The number of hydrogen-bond donors (Lipinski definition) is 2. The number of ether oxygens (including phenoxy) is 4. The number of carbonyl (C=O) groups is 6. The Morgan fingerprint density at radius 1 is 0.397 bits per heavy atom. The average molecular weight is 925 g/mol. The van der Waals surface area contributed by atoms with Gasteiger partial charge in [0.05, 0.1) is 26.4 Å². The van der Waals surface area contributed by atoms with E-state index in [0.717, 1.165) is 16.7 Å². The van der Waals surface area contributed by atoms with Gasteiger partial charge in [0.1, 0.15) is 24.7 Å². The first-order valence-corrected chi connectivity index (χ1v) is 23.5. The predicted molar refractivity (Wildman–Crippen MR) is 260 cm³/mol. The summed E-state index contributed by atoms with van der Waals surface area (Å²) in [6.07, 6.45) is 5.78. The molecular weight excluding hydrogens is 861 g/mol. The number of rotatable bonds is 0. The van der Waals surface area contributed by atoms with Crippen molar-refractivity contribution in [1.82, 2.24) is 10.6 Å². The fraction of sp³-hybridized carbons (Fsp3) is 0.429. The van der Waals surface area contributed by atoms with Crippen molar-refractivity contribution in [3.8, 4) is 11.5 Å². The van der Waals surface area contributed by atoms with Gasteiger partial charge >= 0.3 is 0 Å². The average Bonchev–Trinajstić information content (AvgIpc) is 3.25. The zero-order valence-electron chi connectivity index (χ0n) is 40.9. The van der Waals surface area contributed by atoms with Gasteiger partial charge in [-0.15, -0.1) is 0 Å². The highest BCUT2D eigenvalue weighted by molar-refractivity contribution is 6.21. The van der Waals surface area contributed by atoms with E-state index in [-0.39, 0.29) is 130 Å². The van der Waals surface area contributed by atoms with E-state index in [4.69, 9.17) is 18.9 Å². The molecule has 12 heteroatoms. The van der Waals surface area contributed by atoms with Crippen LogP contribution in [0.25, 0.3) is 0 Å². The van der Waals surface area contributed by atoms with Gasteiger partial charge in [-0.25, -0.2) is 0 Å². The lowest BCUT2D eigenvalue weighted by Crippen LogP contribution is -2.30.